The number of hydrogen-bond acceptors (Lipinski definition) is 3. The molecule has 0 saturated carbocycles. The van der Waals surface area contributed by atoms with Crippen LogP contribution in [0.4, 0.5) is 0 Å². The first-order valence-electron chi connectivity index (χ1n) is 18.9. The second-order valence-corrected chi connectivity index (χ2v) is 14.1. The predicted molar refractivity (Wildman–Crippen MR) is 223 cm³/mol. The molecule has 5 heteroatoms. The summed E-state index contributed by atoms with van der Waals surface area (Å²) in [6.45, 7) is 6.01. The fourth-order valence-corrected chi connectivity index (χ4v) is 7.57. The van der Waals surface area contributed by atoms with Crippen molar-refractivity contribution in [3.63, 3.8) is 0 Å². The Hall–Kier alpha value is -5.45. The number of imidazole rings is 1. The van der Waals surface area contributed by atoms with Gasteiger partial charge in [-0.05, 0) is 71.9 Å². The first-order valence-corrected chi connectivity index (χ1v) is 18.7. The van der Waals surface area contributed by atoms with E-state index in [4.69, 9.17) is 7.73 Å². The van der Waals surface area contributed by atoms with Crippen LogP contribution in [0.5, 0.6) is 0 Å². The fraction of sp³-hybridized carbons (Fsp3) is 0.102. The Morgan fingerprint density at radius 2 is 1.41 bits per heavy atom. The van der Waals surface area contributed by atoms with Gasteiger partial charge in [0.15, 0.2) is 0 Å². The van der Waals surface area contributed by atoms with Crippen molar-refractivity contribution in [1.29, 1.82) is 0 Å². The molecule has 0 fully saturated rings. The van der Waals surface area contributed by atoms with Crippen LogP contribution in [0.25, 0.3) is 71.7 Å². The third-order valence-electron chi connectivity index (χ3n) is 9.05. The van der Waals surface area contributed by atoms with Gasteiger partial charge >= 0.3 is 0 Å². The maximum Gasteiger partial charge on any atom is 0.0774 e. The number of fused-ring (bicyclic) bond motifs is 2. The maximum atomic E-state index is 8.80. The molecule has 54 heavy (non-hydrogen) atoms. The normalized spacial score (nSPS) is 11.8. The maximum absolute atomic E-state index is 8.80. The van der Waals surface area contributed by atoms with Crippen molar-refractivity contribution in [2.75, 3.05) is 0 Å². The molecule has 0 N–H and O–H groups in total. The summed E-state index contributed by atoms with van der Waals surface area (Å²) in [6, 6.07) is 56.7. The zero-order chi connectivity index (χ0) is 37.9. The molecule has 0 spiro atoms. The Morgan fingerprint density at radius 3 is 2.06 bits per heavy atom. The molecule has 3 heterocycles. The Bertz CT molecular complexity index is 2610. The van der Waals surface area contributed by atoms with Gasteiger partial charge in [-0.3, -0.25) is 16.3 Å². The van der Waals surface area contributed by atoms with Crippen LogP contribution in [0.3, 0.4) is 0 Å². The van der Waals surface area contributed by atoms with Crippen molar-refractivity contribution in [1.82, 2.24) is 14.5 Å². The summed E-state index contributed by atoms with van der Waals surface area (Å²) in [7, 11) is 0. The first-order chi connectivity index (χ1) is 26.8. The van der Waals surface area contributed by atoms with E-state index >= 15 is 0 Å². The van der Waals surface area contributed by atoms with Gasteiger partial charge in [-0.25, -0.2) is 0 Å². The van der Waals surface area contributed by atoms with Gasteiger partial charge in [-0.1, -0.05) is 132 Å². The molecule has 0 bridgehead atoms. The average Bonchev–Trinajstić information content (AvgIpc) is 3.83. The number of pyridine rings is 1. The van der Waals surface area contributed by atoms with E-state index in [1.807, 2.05) is 80.6 Å². The molecule has 9 aromatic rings. The SMILES string of the molecule is [2H]C([2H])(c1ccc2s[c-]c(-c3nc4ccccc4n3-c3c(-c4ccccc4)cc(C)cc3-c3ccccc3)c2c1)C(C)C.[Ir].[c-]1ccccc1-c1ccccn1. The fourth-order valence-electron chi connectivity index (χ4n) is 6.75. The van der Waals surface area contributed by atoms with Crippen LogP contribution in [0, 0.1) is 24.3 Å². The minimum absolute atomic E-state index is 0. The van der Waals surface area contributed by atoms with E-state index in [9.17, 15) is 0 Å². The molecular weight excluding hydrogens is 855 g/mol. The predicted octanol–water partition coefficient (Wildman–Crippen LogP) is 13.1. The number of benzene rings is 6. The molecule has 0 aliphatic rings. The van der Waals surface area contributed by atoms with Gasteiger partial charge < -0.3 is 9.55 Å². The molecule has 3 nitrogen and oxygen atoms in total. The van der Waals surface area contributed by atoms with Crippen molar-refractivity contribution >= 4 is 32.5 Å². The Labute approximate surface area is 338 Å². The van der Waals surface area contributed by atoms with Gasteiger partial charge in [0.2, 0.25) is 0 Å². The summed E-state index contributed by atoms with van der Waals surface area (Å²) in [5.41, 5.74) is 12.2. The topological polar surface area (TPSA) is 30.7 Å². The third kappa shape index (κ3) is 7.76. The molecule has 1 radical (unpaired) electrons. The van der Waals surface area contributed by atoms with Crippen LogP contribution in [-0.4, -0.2) is 14.5 Å². The molecule has 3 aromatic heterocycles. The minimum Gasteiger partial charge on any atom is -0.332 e. The smallest absolute Gasteiger partial charge is 0.0774 e. The summed E-state index contributed by atoms with van der Waals surface area (Å²) in [6.07, 6.45) is 0.335. The molecule has 6 aromatic carbocycles. The number of thiophene rings is 1. The van der Waals surface area contributed by atoms with Gasteiger partial charge in [0, 0.05) is 40.2 Å². The summed E-state index contributed by atoms with van der Waals surface area (Å²) in [5.74, 6) is 0.642. The van der Waals surface area contributed by atoms with E-state index in [0.29, 0.717) is 5.56 Å². The second-order valence-electron chi connectivity index (χ2n) is 13.3. The molecule has 0 unspecified atom stereocenters. The van der Waals surface area contributed by atoms with E-state index in [-0.39, 0.29) is 26.0 Å². The van der Waals surface area contributed by atoms with Gasteiger partial charge in [-0.15, -0.1) is 47.3 Å². The van der Waals surface area contributed by atoms with Gasteiger partial charge in [0.05, 0.1) is 22.5 Å². The minimum atomic E-state index is -1.45. The van der Waals surface area contributed by atoms with Crippen molar-refractivity contribution < 1.29 is 22.8 Å². The monoisotopic (exact) mass is 896 g/mol. The molecule has 0 aliphatic heterocycles. The Kier molecular flexibility index (Phi) is 10.6. The number of hydrogen-bond donors (Lipinski definition) is 0. The number of nitrogens with zero attached hydrogens (tertiary/aromatic N) is 3. The second kappa shape index (κ2) is 16.7. The molecule has 267 valence electrons. The largest absolute Gasteiger partial charge is 0.332 e. The molecule has 0 atom stereocenters. The quantitative estimate of drug-likeness (QED) is 0.149. The molecular formula is C49H39IrN3S-2. The summed E-state index contributed by atoms with van der Waals surface area (Å²) < 4.78 is 20.9. The van der Waals surface area contributed by atoms with Crippen LogP contribution >= 0.6 is 11.3 Å². The van der Waals surface area contributed by atoms with Crippen LogP contribution in [0.1, 0.15) is 27.7 Å². The van der Waals surface area contributed by atoms with Crippen molar-refractivity contribution in [2.24, 2.45) is 5.92 Å². The summed E-state index contributed by atoms with van der Waals surface area (Å²) >= 11 is 1.55. The number of para-hydroxylation sites is 2. The van der Waals surface area contributed by atoms with Gasteiger partial charge in [0.1, 0.15) is 0 Å². The number of aromatic nitrogens is 3. The van der Waals surface area contributed by atoms with Crippen LogP contribution in [0.2, 0.25) is 0 Å². The van der Waals surface area contributed by atoms with Crippen molar-refractivity contribution in [2.45, 2.75) is 27.1 Å². The first kappa shape index (κ1) is 34.3. The van der Waals surface area contributed by atoms with Crippen molar-refractivity contribution in [3.8, 4) is 50.6 Å². The third-order valence-corrected chi connectivity index (χ3v) is 9.93. The van der Waals surface area contributed by atoms with Crippen LogP contribution < -0.4 is 0 Å². The Balaban J connectivity index is 0.000000315. The van der Waals surface area contributed by atoms with Crippen molar-refractivity contribution in [3.05, 3.63) is 186 Å². The zero-order valence-corrected chi connectivity index (χ0v) is 33.5. The van der Waals surface area contributed by atoms with E-state index < -0.39 is 6.37 Å². The molecule has 9 rings (SSSR count). The molecule has 0 saturated heterocycles. The van der Waals surface area contributed by atoms with Gasteiger partial charge in [-0.2, -0.15) is 0 Å². The van der Waals surface area contributed by atoms with E-state index in [1.54, 1.807) is 17.5 Å². The Morgan fingerprint density at radius 1 is 0.741 bits per heavy atom. The van der Waals surface area contributed by atoms with E-state index in [1.165, 1.54) is 5.56 Å². The summed E-state index contributed by atoms with van der Waals surface area (Å²) in [4.78, 5) is 9.46. The van der Waals surface area contributed by atoms with Gasteiger partial charge in [0.25, 0.3) is 0 Å². The van der Waals surface area contributed by atoms with E-state index in [2.05, 4.69) is 119 Å². The van der Waals surface area contributed by atoms with E-state index in [0.717, 1.165) is 71.7 Å². The average molecular weight is 896 g/mol. The van der Waals surface area contributed by atoms with Crippen LogP contribution in [0.15, 0.2) is 164 Å². The molecule has 0 amide bonds. The van der Waals surface area contributed by atoms with Crippen LogP contribution in [-0.2, 0) is 26.5 Å². The summed E-state index contributed by atoms with van der Waals surface area (Å²) in [5, 5.41) is 4.55. The zero-order valence-electron chi connectivity index (χ0n) is 32.2. The number of rotatable bonds is 7. The number of aryl methyl sites for hydroxylation is 1. The molecule has 0 aliphatic carbocycles. The standard InChI is InChI=1S/C38H31N2S.C11H8N.Ir/c1-25(2)20-27-18-19-36-32(23-27)33(24-41-36)38-39-34-16-10-11-17-35(34)40(38)37-30(28-12-6-4-7-13-28)21-26(3)22-31(37)29-14-8-5-9-15-29;1-2-6-10(7-3-1)11-8-4-5-9-12-11;/h4-19,21-23,25H,20H2,1-3H3;1-6,8-9H;/q2*-1;/i20D2;;.